The average molecular weight is 217 g/mol. The lowest BCUT2D eigenvalue weighted by molar-refractivity contribution is 0.618. The summed E-state index contributed by atoms with van der Waals surface area (Å²) in [6, 6.07) is 2.87. The maximum Gasteiger partial charge on any atom is 0.127 e. The van der Waals surface area contributed by atoms with E-state index in [1.54, 1.807) is 13.0 Å². The fourth-order valence-corrected chi connectivity index (χ4v) is 1.20. The smallest absolute Gasteiger partial charge is 0.127 e. The van der Waals surface area contributed by atoms with E-state index in [4.69, 9.17) is 23.2 Å². The molecule has 0 heterocycles. The molecule has 0 N–H and O–H groups in total. The van der Waals surface area contributed by atoms with Gasteiger partial charge in [-0.2, -0.15) is 0 Å². The molecule has 0 nitrogen and oxygen atoms in total. The van der Waals surface area contributed by atoms with Crippen molar-refractivity contribution in [2.75, 3.05) is 5.88 Å². The summed E-state index contributed by atoms with van der Waals surface area (Å²) >= 11 is 11.2. The minimum Gasteiger partial charge on any atom is -0.207 e. The van der Waals surface area contributed by atoms with E-state index in [-0.39, 0.29) is 11.7 Å². The van der Waals surface area contributed by atoms with Gasteiger partial charge in [0.05, 0.1) is 10.9 Å². The van der Waals surface area contributed by atoms with Gasteiger partial charge in [0.2, 0.25) is 0 Å². The van der Waals surface area contributed by atoms with Crippen molar-refractivity contribution in [1.29, 1.82) is 0 Å². The highest BCUT2D eigenvalue weighted by Gasteiger charge is 2.02. The first-order chi connectivity index (χ1) is 6.15. The Morgan fingerprint density at radius 1 is 1.46 bits per heavy atom. The van der Waals surface area contributed by atoms with Gasteiger partial charge in [-0.1, -0.05) is 23.4 Å². The van der Waals surface area contributed by atoms with E-state index < -0.39 is 0 Å². The van der Waals surface area contributed by atoms with Crippen LogP contribution in [-0.2, 0) is 0 Å². The number of rotatable bonds is 0. The molecule has 3 heteroatoms. The minimum absolute atomic E-state index is 0.214. The fraction of sp³-hybridized carbons (Fsp3) is 0.200. The zero-order valence-electron chi connectivity index (χ0n) is 7.00. The number of benzene rings is 1. The second kappa shape index (κ2) is 4.50. The van der Waals surface area contributed by atoms with Gasteiger partial charge >= 0.3 is 0 Å². The van der Waals surface area contributed by atoms with Gasteiger partial charge in [0, 0.05) is 5.56 Å². The van der Waals surface area contributed by atoms with Crippen molar-refractivity contribution in [3.8, 4) is 11.8 Å². The highest BCUT2D eigenvalue weighted by Crippen LogP contribution is 2.19. The van der Waals surface area contributed by atoms with Crippen molar-refractivity contribution in [1.82, 2.24) is 0 Å². The molecule has 0 saturated carbocycles. The summed E-state index contributed by atoms with van der Waals surface area (Å²) in [6.45, 7) is 1.65. The van der Waals surface area contributed by atoms with Gasteiger partial charge in [0.25, 0.3) is 0 Å². The van der Waals surface area contributed by atoms with Gasteiger partial charge in [0.1, 0.15) is 5.82 Å². The molecule has 1 aromatic rings. The summed E-state index contributed by atoms with van der Waals surface area (Å²) in [6.07, 6.45) is 0. The molecule has 0 aromatic heterocycles. The zero-order chi connectivity index (χ0) is 9.84. The third-order valence-corrected chi connectivity index (χ3v) is 1.98. The van der Waals surface area contributed by atoms with Crippen molar-refractivity contribution in [3.63, 3.8) is 0 Å². The van der Waals surface area contributed by atoms with E-state index in [0.29, 0.717) is 16.1 Å². The lowest BCUT2D eigenvalue weighted by atomic mass is 10.1. The second-order valence-electron chi connectivity index (χ2n) is 2.52. The molecule has 0 spiro atoms. The van der Waals surface area contributed by atoms with Gasteiger partial charge in [-0.05, 0) is 24.6 Å². The normalized spacial score (nSPS) is 9.23. The van der Waals surface area contributed by atoms with Crippen LogP contribution >= 0.6 is 23.2 Å². The van der Waals surface area contributed by atoms with Crippen LogP contribution in [0.3, 0.4) is 0 Å². The van der Waals surface area contributed by atoms with Gasteiger partial charge in [-0.3, -0.25) is 0 Å². The van der Waals surface area contributed by atoms with E-state index in [0.717, 1.165) is 0 Å². The van der Waals surface area contributed by atoms with Crippen molar-refractivity contribution in [2.24, 2.45) is 0 Å². The molecule has 0 saturated heterocycles. The van der Waals surface area contributed by atoms with Gasteiger partial charge in [0.15, 0.2) is 0 Å². The Morgan fingerprint density at radius 2 is 2.15 bits per heavy atom. The number of alkyl halides is 1. The maximum absolute atomic E-state index is 13.0. The van der Waals surface area contributed by atoms with Crippen LogP contribution in [0, 0.1) is 24.6 Å². The molecule has 0 unspecified atom stereocenters. The molecule has 0 aliphatic heterocycles. The van der Waals surface area contributed by atoms with Crippen LogP contribution in [0.4, 0.5) is 4.39 Å². The highest BCUT2D eigenvalue weighted by molar-refractivity contribution is 6.31. The van der Waals surface area contributed by atoms with Crippen LogP contribution in [-0.4, -0.2) is 5.88 Å². The number of halogens is 3. The monoisotopic (exact) mass is 216 g/mol. The standard InChI is InChI=1S/C10H7Cl2F/c1-7-5-9(12)8(3-2-4-11)6-10(7)13/h5-6H,4H2,1H3. The van der Waals surface area contributed by atoms with Crippen molar-refractivity contribution < 1.29 is 4.39 Å². The number of hydrogen-bond donors (Lipinski definition) is 0. The lowest BCUT2D eigenvalue weighted by Gasteiger charge is -1.99. The van der Waals surface area contributed by atoms with Crippen molar-refractivity contribution in [2.45, 2.75) is 6.92 Å². The average Bonchev–Trinajstić information content (AvgIpc) is 2.09. The van der Waals surface area contributed by atoms with E-state index in [9.17, 15) is 4.39 Å². The van der Waals surface area contributed by atoms with Crippen LogP contribution < -0.4 is 0 Å². The lowest BCUT2D eigenvalue weighted by Crippen LogP contribution is -1.86. The van der Waals surface area contributed by atoms with E-state index in [2.05, 4.69) is 11.8 Å². The van der Waals surface area contributed by atoms with Crippen LogP contribution in [0.2, 0.25) is 5.02 Å². The Morgan fingerprint density at radius 3 is 2.77 bits per heavy atom. The molecule has 0 amide bonds. The molecular weight excluding hydrogens is 210 g/mol. The Balaban J connectivity index is 3.16. The molecule has 0 aliphatic carbocycles. The fourth-order valence-electron chi connectivity index (χ4n) is 0.871. The quantitative estimate of drug-likeness (QED) is 0.461. The highest BCUT2D eigenvalue weighted by atomic mass is 35.5. The second-order valence-corrected chi connectivity index (χ2v) is 3.19. The SMILES string of the molecule is Cc1cc(Cl)c(C#CCCl)cc1F. The third-order valence-electron chi connectivity index (χ3n) is 1.54. The summed E-state index contributed by atoms with van der Waals surface area (Å²) in [4.78, 5) is 0. The minimum atomic E-state index is -0.303. The van der Waals surface area contributed by atoms with E-state index in [1.165, 1.54) is 6.07 Å². The third kappa shape index (κ3) is 2.62. The summed E-state index contributed by atoms with van der Waals surface area (Å²) in [5.74, 6) is 5.20. The summed E-state index contributed by atoms with van der Waals surface area (Å²) in [5.41, 5.74) is 0.992. The Kier molecular flexibility index (Phi) is 3.59. The summed E-state index contributed by atoms with van der Waals surface area (Å²) in [7, 11) is 0. The molecule has 68 valence electrons. The molecule has 13 heavy (non-hydrogen) atoms. The molecular formula is C10H7Cl2F. The van der Waals surface area contributed by atoms with E-state index in [1.807, 2.05) is 0 Å². The first-order valence-electron chi connectivity index (χ1n) is 3.65. The molecule has 1 aromatic carbocycles. The maximum atomic E-state index is 13.0. The Bertz CT molecular complexity index is 374. The van der Waals surface area contributed by atoms with Crippen LogP contribution in [0.5, 0.6) is 0 Å². The molecule has 0 atom stereocenters. The van der Waals surface area contributed by atoms with Crippen LogP contribution in [0.1, 0.15) is 11.1 Å². The van der Waals surface area contributed by atoms with Gasteiger partial charge < -0.3 is 0 Å². The van der Waals surface area contributed by atoms with Crippen LogP contribution in [0.15, 0.2) is 12.1 Å². The summed E-state index contributed by atoms with van der Waals surface area (Å²) < 4.78 is 13.0. The number of aryl methyl sites for hydroxylation is 1. The number of hydrogen-bond acceptors (Lipinski definition) is 0. The Hall–Kier alpha value is -0.710. The molecule has 0 aliphatic rings. The van der Waals surface area contributed by atoms with Crippen molar-refractivity contribution in [3.05, 3.63) is 34.1 Å². The summed E-state index contributed by atoms with van der Waals surface area (Å²) in [5, 5.41) is 0.455. The van der Waals surface area contributed by atoms with Gasteiger partial charge in [-0.15, -0.1) is 11.6 Å². The first-order valence-corrected chi connectivity index (χ1v) is 4.57. The topological polar surface area (TPSA) is 0 Å². The van der Waals surface area contributed by atoms with E-state index >= 15 is 0 Å². The zero-order valence-corrected chi connectivity index (χ0v) is 8.51. The first kappa shape index (κ1) is 10.4. The molecule has 0 radical (unpaired) electrons. The van der Waals surface area contributed by atoms with Crippen LogP contribution in [0.25, 0.3) is 0 Å². The predicted octanol–water partition coefficient (Wildman–Crippen LogP) is 3.38. The largest absolute Gasteiger partial charge is 0.207 e. The van der Waals surface area contributed by atoms with Gasteiger partial charge in [-0.25, -0.2) is 4.39 Å². The molecule has 0 bridgehead atoms. The molecule has 0 fully saturated rings. The Labute approximate surface area is 86.7 Å². The molecule has 1 rings (SSSR count). The predicted molar refractivity (Wildman–Crippen MR) is 53.7 cm³/mol. The van der Waals surface area contributed by atoms with Crippen molar-refractivity contribution >= 4 is 23.2 Å².